The number of rotatable bonds is 2. The van der Waals surface area contributed by atoms with Crippen LogP contribution in [0.2, 0.25) is 0 Å². The summed E-state index contributed by atoms with van der Waals surface area (Å²) in [4.78, 5) is 2.54. The third kappa shape index (κ3) is 2.30. The molecule has 1 aromatic carbocycles. The summed E-state index contributed by atoms with van der Waals surface area (Å²) in [5.41, 5.74) is 4.81. The molecule has 0 unspecified atom stereocenters. The Labute approximate surface area is 99.5 Å². The van der Waals surface area contributed by atoms with E-state index in [1.165, 1.54) is 24.1 Å². The van der Waals surface area contributed by atoms with Crippen LogP contribution in [0, 0.1) is 0 Å². The summed E-state index contributed by atoms with van der Waals surface area (Å²) in [6.07, 6.45) is 1.25. The van der Waals surface area contributed by atoms with Crippen molar-refractivity contribution in [1.82, 2.24) is 4.90 Å². The van der Waals surface area contributed by atoms with E-state index in [9.17, 15) is 0 Å². The number of hydrogen-bond acceptors (Lipinski definition) is 1. The Balaban J connectivity index is 2.21. The van der Waals surface area contributed by atoms with Crippen molar-refractivity contribution < 1.29 is 0 Å². The second-order valence-corrected chi connectivity index (χ2v) is 5.94. The minimum Gasteiger partial charge on any atom is -0.295 e. The molecule has 1 nitrogen and oxygen atoms in total. The predicted octanol–water partition coefficient (Wildman–Crippen LogP) is 3.71. The first-order valence-corrected chi connectivity index (χ1v) is 6.35. The van der Waals surface area contributed by atoms with Crippen molar-refractivity contribution in [1.29, 1.82) is 0 Å². The van der Waals surface area contributed by atoms with E-state index in [0.29, 0.717) is 0 Å². The molecular weight excluding hydrogens is 194 g/mol. The van der Waals surface area contributed by atoms with Crippen LogP contribution in [0.25, 0.3) is 0 Å². The summed E-state index contributed by atoms with van der Waals surface area (Å²) in [5, 5.41) is 0. The van der Waals surface area contributed by atoms with Crippen molar-refractivity contribution in [3.8, 4) is 0 Å². The standard InChI is InChI=1S/C15H23N/c1-5-8-16-10-12-6-7-14(15(2,3)4)9-13(12)11-16/h6-7,9H,5,8,10-11H2,1-4H3. The van der Waals surface area contributed by atoms with Crippen molar-refractivity contribution >= 4 is 0 Å². The quantitative estimate of drug-likeness (QED) is 0.730. The molecule has 0 saturated carbocycles. The molecular formula is C15H23N. The molecule has 0 aromatic heterocycles. The summed E-state index contributed by atoms with van der Waals surface area (Å²) in [5.74, 6) is 0. The maximum atomic E-state index is 2.54. The van der Waals surface area contributed by atoms with Crippen LogP contribution in [0.15, 0.2) is 18.2 Å². The van der Waals surface area contributed by atoms with Crippen molar-refractivity contribution in [3.63, 3.8) is 0 Å². The molecule has 0 atom stereocenters. The molecule has 0 bridgehead atoms. The Morgan fingerprint density at radius 2 is 1.81 bits per heavy atom. The number of nitrogens with zero attached hydrogens (tertiary/aromatic N) is 1. The number of hydrogen-bond donors (Lipinski definition) is 0. The van der Waals surface area contributed by atoms with E-state index in [0.717, 1.165) is 13.1 Å². The SMILES string of the molecule is CCCN1Cc2ccc(C(C)(C)C)cc2C1. The molecule has 2 rings (SSSR count). The van der Waals surface area contributed by atoms with Gasteiger partial charge in [-0.1, -0.05) is 45.9 Å². The lowest BCUT2D eigenvalue weighted by molar-refractivity contribution is 0.285. The van der Waals surface area contributed by atoms with Crippen LogP contribution in [0.5, 0.6) is 0 Å². The van der Waals surface area contributed by atoms with Crippen LogP contribution >= 0.6 is 0 Å². The molecule has 0 saturated heterocycles. The minimum absolute atomic E-state index is 0.271. The van der Waals surface area contributed by atoms with Gasteiger partial charge in [0.2, 0.25) is 0 Å². The molecule has 0 fully saturated rings. The van der Waals surface area contributed by atoms with Gasteiger partial charge >= 0.3 is 0 Å². The molecule has 1 heteroatoms. The van der Waals surface area contributed by atoms with Crippen molar-refractivity contribution in [3.05, 3.63) is 34.9 Å². The smallest absolute Gasteiger partial charge is 0.0240 e. The van der Waals surface area contributed by atoms with Gasteiger partial charge in [0.1, 0.15) is 0 Å². The van der Waals surface area contributed by atoms with Gasteiger partial charge in [0, 0.05) is 13.1 Å². The van der Waals surface area contributed by atoms with Gasteiger partial charge in [0.05, 0.1) is 0 Å². The lowest BCUT2D eigenvalue weighted by Gasteiger charge is -2.19. The molecule has 0 amide bonds. The van der Waals surface area contributed by atoms with E-state index in [-0.39, 0.29) is 5.41 Å². The maximum absolute atomic E-state index is 2.54. The molecule has 1 aliphatic heterocycles. The van der Waals surface area contributed by atoms with Gasteiger partial charge in [-0.3, -0.25) is 4.90 Å². The molecule has 0 N–H and O–H groups in total. The van der Waals surface area contributed by atoms with Gasteiger partial charge in [-0.25, -0.2) is 0 Å². The molecule has 0 radical (unpaired) electrons. The van der Waals surface area contributed by atoms with E-state index in [4.69, 9.17) is 0 Å². The first-order valence-electron chi connectivity index (χ1n) is 6.35. The molecule has 16 heavy (non-hydrogen) atoms. The predicted molar refractivity (Wildman–Crippen MR) is 69.5 cm³/mol. The number of benzene rings is 1. The fourth-order valence-electron chi connectivity index (χ4n) is 2.41. The van der Waals surface area contributed by atoms with E-state index in [1.807, 2.05) is 0 Å². The average Bonchev–Trinajstić information content (AvgIpc) is 2.57. The molecule has 1 heterocycles. The van der Waals surface area contributed by atoms with Crippen LogP contribution in [-0.4, -0.2) is 11.4 Å². The Bertz CT molecular complexity index is 374. The van der Waals surface area contributed by atoms with Gasteiger partial charge in [-0.2, -0.15) is 0 Å². The van der Waals surface area contributed by atoms with Crippen LogP contribution < -0.4 is 0 Å². The lowest BCUT2D eigenvalue weighted by Crippen LogP contribution is -2.16. The zero-order valence-electron chi connectivity index (χ0n) is 11.0. The summed E-state index contributed by atoms with van der Waals surface area (Å²) >= 11 is 0. The van der Waals surface area contributed by atoms with Gasteiger partial charge < -0.3 is 0 Å². The second-order valence-electron chi connectivity index (χ2n) is 5.94. The van der Waals surface area contributed by atoms with Gasteiger partial charge in [0.25, 0.3) is 0 Å². The normalized spacial score (nSPS) is 16.5. The van der Waals surface area contributed by atoms with Crippen LogP contribution in [0.1, 0.15) is 50.8 Å². The lowest BCUT2D eigenvalue weighted by atomic mass is 9.85. The first-order chi connectivity index (χ1) is 7.50. The molecule has 0 aliphatic carbocycles. The monoisotopic (exact) mass is 217 g/mol. The Morgan fingerprint density at radius 3 is 2.44 bits per heavy atom. The van der Waals surface area contributed by atoms with Crippen LogP contribution in [0.3, 0.4) is 0 Å². The summed E-state index contributed by atoms with van der Waals surface area (Å²) in [6, 6.07) is 7.03. The highest BCUT2D eigenvalue weighted by Crippen LogP contribution is 2.29. The highest BCUT2D eigenvalue weighted by atomic mass is 15.1. The fraction of sp³-hybridized carbons (Fsp3) is 0.600. The largest absolute Gasteiger partial charge is 0.295 e. The van der Waals surface area contributed by atoms with Crippen molar-refractivity contribution in [2.24, 2.45) is 0 Å². The highest BCUT2D eigenvalue weighted by molar-refractivity contribution is 5.37. The third-order valence-electron chi connectivity index (χ3n) is 3.40. The Hall–Kier alpha value is -0.820. The molecule has 0 spiro atoms. The third-order valence-corrected chi connectivity index (χ3v) is 3.40. The van der Waals surface area contributed by atoms with E-state index in [1.54, 1.807) is 5.56 Å². The summed E-state index contributed by atoms with van der Waals surface area (Å²) in [6.45, 7) is 12.6. The molecule has 1 aliphatic rings. The van der Waals surface area contributed by atoms with Crippen molar-refractivity contribution in [2.45, 2.75) is 52.6 Å². The minimum atomic E-state index is 0.271. The zero-order chi connectivity index (χ0) is 11.8. The highest BCUT2D eigenvalue weighted by Gasteiger charge is 2.21. The molecule has 1 aromatic rings. The maximum Gasteiger partial charge on any atom is 0.0240 e. The first kappa shape index (κ1) is 11.7. The van der Waals surface area contributed by atoms with E-state index < -0.39 is 0 Å². The van der Waals surface area contributed by atoms with Gasteiger partial charge in [-0.05, 0) is 35.1 Å². The topological polar surface area (TPSA) is 3.24 Å². The second kappa shape index (κ2) is 4.21. The number of fused-ring (bicyclic) bond motifs is 1. The average molecular weight is 217 g/mol. The van der Waals surface area contributed by atoms with Crippen molar-refractivity contribution in [2.75, 3.05) is 6.54 Å². The zero-order valence-corrected chi connectivity index (χ0v) is 11.0. The van der Waals surface area contributed by atoms with Crippen LogP contribution in [0.4, 0.5) is 0 Å². The summed E-state index contributed by atoms with van der Waals surface area (Å²) < 4.78 is 0. The van der Waals surface area contributed by atoms with E-state index >= 15 is 0 Å². The molecule has 88 valence electrons. The summed E-state index contributed by atoms with van der Waals surface area (Å²) in [7, 11) is 0. The van der Waals surface area contributed by atoms with E-state index in [2.05, 4.69) is 50.8 Å². The Kier molecular flexibility index (Phi) is 3.07. The fourth-order valence-corrected chi connectivity index (χ4v) is 2.41. The van der Waals surface area contributed by atoms with Gasteiger partial charge in [0.15, 0.2) is 0 Å². The Morgan fingerprint density at radius 1 is 1.12 bits per heavy atom. The van der Waals surface area contributed by atoms with Gasteiger partial charge in [-0.15, -0.1) is 0 Å². The van der Waals surface area contributed by atoms with Crippen LogP contribution in [-0.2, 0) is 18.5 Å².